The maximum Gasteiger partial charge on any atom is 0.236 e. The summed E-state index contributed by atoms with van der Waals surface area (Å²) in [6, 6.07) is 30.3. The molecule has 2 heteroatoms. The summed E-state index contributed by atoms with van der Waals surface area (Å²) in [5, 5.41) is 2.57. The third kappa shape index (κ3) is 2.37. The van der Waals surface area contributed by atoms with Gasteiger partial charge in [-0.25, -0.2) is 0 Å². The van der Waals surface area contributed by atoms with Crippen LogP contribution in [0.5, 0.6) is 0 Å². The van der Waals surface area contributed by atoms with Gasteiger partial charge in [0.25, 0.3) is 0 Å². The highest BCUT2D eigenvalue weighted by Crippen LogP contribution is 2.35. The van der Waals surface area contributed by atoms with E-state index in [-0.39, 0.29) is 0 Å². The summed E-state index contributed by atoms with van der Waals surface area (Å²) in [4.78, 5) is 0. The van der Waals surface area contributed by atoms with Gasteiger partial charge in [-0.15, -0.1) is 0 Å². The Morgan fingerprint density at radius 2 is 1.26 bits per heavy atom. The Balaban J connectivity index is 1.95. The zero-order valence-corrected chi connectivity index (χ0v) is 15.6. The summed E-state index contributed by atoms with van der Waals surface area (Å²) in [5.41, 5.74) is 7.44. The van der Waals surface area contributed by atoms with E-state index >= 15 is 0 Å². The fourth-order valence-electron chi connectivity index (χ4n) is 4.13. The molecule has 5 rings (SSSR count). The van der Waals surface area contributed by atoms with Crippen LogP contribution in [-0.4, -0.2) is 4.57 Å². The molecule has 0 aliphatic rings. The van der Waals surface area contributed by atoms with Crippen LogP contribution in [0.2, 0.25) is 0 Å². The maximum atomic E-state index is 2.40. The first-order valence-electron chi connectivity index (χ1n) is 9.29. The Morgan fingerprint density at radius 3 is 1.93 bits per heavy atom. The van der Waals surface area contributed by atoms with Gasteiger partial charge in [-0.2, -0.15) is 4.57 Å². The zero-order valence-electron chi connectivity index (χ0n) is 15.6. The van der Waals surface area contributed by atoms with E-state index in [0.717, 1.165) is 0 Å². The molecule has 0 unspecified atom stereocenters. The maximum absolute atomic E-state index is 2.40. The van der Waals surface area contributed by atoms with Crippen LogP contribution < -0.4 is 4.57 Å². The number of hydrogen-bond donors (Lipinski definition) is 0. The van der Waals surface area contributed by atoms with Crippen LogP contribution in [0.4, 0.5) is 0 Å². The molecule has 3 aromatic carbocycles. The van der Waals surface area contributed by atoms with Crippen molar-refractivity contribution in [3.05, 3.63) is 96.7 Å². The number of benzene rings is 3. The molecule has 0 radical (unpaired) electrons. The van der Waals surface area contributed by atoms with Gasteiger partial charge in [-0.1, -0.05) is 54.6 Å². The fourth-order valence-corrected chi connectivity index (χ4v) is 4.13. The average molecular weight is 349 g/mol. The normalized spacial score (nSPS) is 11.3. The van der Waals surface area contributed by atoms with Crippen LogP contribution in [0.1, 0.15) is 5.56 Å². The molecule has 2 heterocycles. The first-order chi connectivity index (χ1) is 13.3. The van der Waals surface area contributed by atoms with Crippen molar-refractivity contribution in [2.24, 2.45) is 7.05 Å². The van der Waals surface area contributed by atoms with E-state index in [9.17, 15) is 0 Å². The Morgan fingerprint density at radius 1 is 0.667 bits per heavy atom. The minimum atomic E-state index is 1.20. The Labute approximate surface area is 158 Å². The highest BCUT2D eigenvalue weighted by molar-refractivity contribution is 6.09. The van der Waals surface area contributed by atoms with Gasteiger partial charge in [-0.05, 0) is 36.8 Å². The third-order valence-electron chi connectivity index (χ3n) is 5.38. The van der Waals surface area contributed by atoms with E-state index in [2.05, 4.69) is 114 Å². The lowest BCUT2D eigenvalue weighted by Crippen LogP contribution is -2.32. The summed E-state index contributed by atoms with van der Waals surface area (Å²) >= 11 is 0. The number of para-hydroxylation sites is 2. The molecular weight excluding hydrogens is 328 g/mol. The van der Waals surface area contributed by atoms with Crippen molar-refractivity contribution in [3.8, 4) is 16.9 Å². The highest BCUT2D eigenvalue weighted by atomic mass is 15.0. The summed E-state index contributed by atoms with van der Waals surface area (Å²) in [6.07, 6.45) is 2.12. The van der Waals surface area contributed by atoms with Crippen molar-refractivity contribution in [2.75, 3.05) is 0 Å². The van der Waals surface area contributed by atoms with Crippen LogP contribution in [0.15, 0.2) is 91.1 Å². The predicted octanol–water partition coefficient (Wildman–Crippen LogP) is 5.58. The first kappa shape index (κ1) is 15.8. The predicted molar refractivity (Wildman–Crippen MR) is 112 cm³/mol. The zero-order chi connectivity index (χ0) is 18.4. The Bertz CT molecular complexity index is 1240. The molecule has 0 fully saturated rings. The van der Waals surface area contributed by atoms with Crippen LogP contribution in [0.3, 0.4) is 0 Å². The van der Waals surface area contributed by atoms with Crippen molar-refractivity contribution in [3.63, 3.8) is 0 Å². The van der Waals surface area contributed by atoms with Gasteiger partial charge in [0.2, 0.25) is 5.69 Å². The van der Waals surface area contributed by atoms with E-state index in [0.29, 0.717) is 0 Å². The van der Waals surface area contributed by atoms with Crippen LogP contribution >= 0.6 is 0 Å². The molecule has 130 valence electrons. The van der Waals surface area contributed by atoms with Crippen LogP contribution in [0.25, 0.3) is 38.8 Å². The molecule has 5 aromatic rings. The number of aryl methyl sites for hydroxylation is 2. The monoisotopic (exact) mass is 349 g/mol. The van der Waals surface area contributed by atoms with Crippen molar-refractivity contribution in [1.82, 2.24) is 4.57 Å². The summed E-state index contributed by atoms with van der Waals surface area (Å²) in [5.74, 6) is 0. The fraction of sp³-hybridized carbons (Fsp3) is 0.0800. The third-order valence-corrected chi connectivity index (χ3v) is 5.38. The number of nitrogens with zero attached hydrogens (tertiary/aromatic N) is 2. The molecule has 0 spiro atoms. The molecule has 0 aliphatic carbocycles. The molecule has 2 nitrogen and oxygen atoms in total. The minimum Gasteiger partial charge on any atom is -0.303 e. The van der Waals surface area contributed by atoms with Gasteiger partial charge in [0, 0.05) is 16.8 Å². The molecule has 0 saturated heterocycles. The molecule has 0 N–H and O–H groups in total. The molecule has 0 atom stereocenters. The average Bonchev–Trinajstić information content (AvgIpc) is 3.03. The number of rotatable bonds is 2. The van der Waals surface area contributed by atoms with Gasteiger partial charge < -0.3 is 4.57 Å². The van der Waals surface area contributed by atoms with Crippen molar-refractivity contribution >= 4 is 21.8 Å². The standard InChI is InChI=1S/C25H21N2/c1-18-10-3-4-11-19(18)25-24(16-9-17-26(25)2)27-22-14-7-5-12-20(22)21-13-6-8-15-23(21)27/h3-17H,1-2H3/q+1. The van der Waals surface area contributed by atoms with Crippen molar-refractivity contribution in [2.45, 2.75) is 6.92 Å². The van der Waals surface area contributed by atoms with E-state index in [1.165, 1.54) is 44.3 Å². The van der Waals surface area contributed by atoms with E-state index in [1.54, 1.807) is 0 Å². The molecule has 0 saturated carbocycles. The molecule has 0 amide bonds. The molecule has 2 aromatic heterocycles. The van der Waals surface area contributed by atoms with Crippen molar-refractivity contribution < 1.29 is 4.57 Å². The van der Waals surface area contributed by atoms with Gasteiger partial charge in [0.15, 0.2) is 6.20 Å². The largest absolute Gasteiger partial charge is 0.303 e. The molecular formula is C25H21N2+. The quantitative estimate of drug-likeness (QED) is 0.368. The van der Waals surface area contributed by atoms with Crippen LogP contribution in [-0.2, 0) is 7.05 Å². The van der Waals surface area contributed by atoms with Gasteiger partial charge in [0.1, 0.15) is 12.7 Å². The molecule has 0 bridgehead atoms. The Kier molecular flexibility index (Phi) is 3.58. The summed E-state index contributed by atoms with van der Waals surface area (Å²) < 4.78 is 4.62. The Hall–Kier alpha value is -3.39. The number of pyridine rings is 1. The topological polar surface area (TPSA) is 8.81 Å². The SMILES string of the molecule is Cc1ccccc1-c1c(-n2c3ccccc3c3ccccc32)ccc[n+]1C. The van der Waals surface area contributed by atoms with E-state index < -0.39 is 0 Å². The van der Waals surface area contributed by atoms with Gasteiger partial charge in [-0.3, -0.25) is 0 Å². The lowest BCUT2D eigenvalue weighted by Gasteiger charge is -2.13. The molecule has 0 aliphatic heterocycles. The second-order valence-corrected chi connectivity index (χ2v) is 7.04. The van der Waals surface area contributed by atoms with Gasteiger partial charge in [0.05, 0.1) is 16.6 Å². The number of fused-ring (bicyclic) bond motifs is 3. The lowest BCUT2D eigenvalue weighted by molar-refractivity contribution is -0.660. The van der Waals surface area contributed by atoms with Crippen molar-refractivity contribution in [1.29, 1.82) is 0 Å². The second-order valence-electron chi connectivity index (χ2n) is 7.04. The second kappa shape index (κ2) is 6.10. The first-order valence-corrected chi connectivity index (χ1v) is 9.29. The number of aromatic nitrogens is 2. The number of hydrogen-bond acceptors (Lipinski definition) is 0. The summed E-state index contributed by atoms with van der Waals surface area (Å²) in [7, 11) is 2.12. The van der Waals surface area contributed by atoms with E-state index in [1.807, 2.05) is 0 Å². The highest BCUT2D eigenvalue weighted by Gasteiger charge is 2.22. The molecule has 27 heavy (non-hydrogen) atoms. The van der Waals surface area contributed by atoms with E-state index in [4.69, 9.17) is 0 Å². The van der Waals surface area contributed by atoms with Gasteiger partial charge >= 0.3 is 0 Å². The lowest BCUT2D eigenvalue weighted by atomic mass is 10.0. The minimum absolute atomic E-state index is 1.20. The van der Waals surface area contributed by atoms with Crippen LogP contribution in [0, 0.1) is 6.92 Å². The summed E-state index contributed by atoms with van der Waals surface area (Å²) in [6.45, 7) is 2.18. The smallest absolute Gasteiger partial charge is 0.236 e.